The van der Waals surface area contributed by atoms with Crippen molar-refractivity contribution in [3.63, 3.8) is 0 Å². The first kappa shape index (κ1) is 16.5. The first-order valence-electron chi connectivity index (χ1n) is 8.76. The summed E-state index contributed by atoms with van der Waals surface area (Å²) < 4.78 is 5.78. The van der Waals surface area contributed by atoms with Crippen molar-refractivity contribution in [2.45, 2.75) is 63.2 Å². The van der Waals surface area contributed by atoms with Gasteiger partial charge in [0.15, 0.2) is 0 Å². The quantitative estimate of drug-likeness (QED) is 0.932. The number of benzene rings is 1. The summed E-state index contributed by atoms with van der Waals surface area (Å²) in [6.07, 6.45) is 4.97. The first-order valence-corrected chi connectivity index (χ1v) is 8.76. The highest BCUT2D eigenvalue weighted by Gasteiger charge is 2.37. The van der Waals surface area contributed by atoms with Crippen molar-refractivity contribution < 1.29 is 14.6 Å². The molecule has 1 heterocycles. The van der Waals surface area contributed by atoms with Crippen molar-refractivity contribution in [3.05, 3.63) is 35.9 Å². The van der Waals surface area contributed by atoms with Gasteiger partial charge in [0, 0.05) is 6.54 Å². The number of hydrogen-bond donors (Lipinski definition) is 1. The van der Waals surface area contributed by atoms with Crippen LogP contribution >= 0.6 is 0 Å². The van der Waals surface area contributed by atoms with E-state index >= 15 is 0 Å². The molecule has 4 heteroatoms. The zero-order valence-corrected chi connectivity index (χ0v) is 13.9. The van der Waals surface area contributed by atoms with Crippen molar-refractivity contribution in [2.24, 2.45) is 0 Å². The number of nitrogens with zero attached hydrogens (tertiary/aromatic N) is 1. The van der Waals surface area contributed by atoms with E-state index in [9.17, 15) is 9.90 Å². The lowest BCUT2D eigenvalue weighted by Crippen LogP contribution is -2.49. The minimum Gasteiger partial charge on any atom is -0.389 e. The summed E-state index contributed by atoms with van der Waals surface area (Å²) in [6, 6.07) is 9.99. The Hall–Kier alpha value is -1.39. The van der Waals surface area contributed by atoms with Crippen molar-refractivity contribution >= 4 is 5.91 Å². The smallest absolute Gasteiger partial charge is 0.226 e. The minimum absolute atomic E-state index is 0.0416. The molecule has 1 aromatic carbocycles. The van der Waals surface area contributed by atoms with Crippen LogP contribution < -0.4 is 0 Å². The van der Waals surface area contributed by atoms with Crippen LogP contribution in [0.15, 0.2) is 30.3 Å². The number of ether oxygens (including phenoxy) is 1. The summed E-state index contributed by atoms with van der Waals surface area (Å²) in [6.45, 7) is 3.11. The zero-order valence-electron chi connectivity index (χ0n) is 13.9. The maximum absolute atomic E-state index is 12.9. The van der Waals surface area contributed by atoms with Gasteiger partial charge in [0.05, 0.1) is 30.8 Å². The van der Waals surface area contributed by atoms with Gasteiger partial charge in [-0.05, 0) is 25.3 Å². The van der Waals surface area contributed by atoms with Crippen molar-refractivity contribution in [1.82, 2.24) is 4.90 Å². The van der Waals surface area contributed by atoms with Gasteiger partial charge >= 0.3 is 0 Å². The molecule has 0 bridgehead atoms. The Morgan fingerprint density at radius 1 is 1.26 bits per heavy atom. The van der Waals surface area contributed by atoms with Crippen LogP contribution in [-0.4, -0.2) is 40.8 Å². The molecule has 0 spiro atoms. The van der Waals surface area contributed by atoms with Crippen LogP contribution in [0, 0.1) is 0 Å². The Morgan fingerprint density at radius 3 is 2.65 bits per heavy atom. The van der Waals surface area contributed by atoms with Crippen LogP contribution in [0.3, 0.4) is 0 Å². The molecule has 0 aromatic heterocycles. The number of carbonyl (C=O) groups excluding carboxylic acids is 1. The molecular weight excluding hydrogens is 290 g/mol. The molecule has 2 aliphatic rings. The fourth-order valence-corrected chi connectivity index (χ4v) is 3.80. The second-order valence-electron chi connectivity index (χ2n) is 7.08. The predicted octanol–water partition coefficient (Wildman–Crippen LogP) is 3.06. The van der Waals surface area contributed by atoms with E-state index in [2.05, 4.69) is 0 Å². The molecule has 0 radical (unpaired) electrons. The first-order chi connectivity index (χ1) is 11.1. The molecule has 1 aliphatic heterocycles. The number of rotatable bonds is 3. The molecule has 1 saturated heterocycles. The molecule has 1 amide bonds. The SMILES string of the molecule is CC1CN(C(=O)CC2(O)CCCCC2)C(c2ccccc2)CO1. The summed E-state index contributed by atoms with van der Waals surface area (Å²) in [5, 5.41) is 10.7. The van der Waals surface area contributed by atoms with E-state index in [1.54, 1.807) is 0 Å². The highest BCUT2D eigenvalue weighted by molar-refractivity contribution is 5.78. The minimum atomic E-state index is -0.807. The van der Waals surface area contributed by atoms with Crippen molar-refractivity contribution in [2.75, 3.05) is 13.2 Å². The summed E-state index contributed by atoms with van der Waals surface area (Å²) in [7, 11) is 0. The van der Waals surface area contributed by atoms with E-state index in [1.165, 1.54) is 0 Å². The Labute approximate surface area is 138 Å². The molecular formula is C19H27NO3. The normalized spacial score (nSPS) is 27.7. The molecule has 23 heavy (non-hydrogen) atoms. The third-order valence-electron chi connectivity index (χ3n) is 5.14. The molecule has 126 valence electrons. The highest BCUT2D eigenvalue weighted by atomic mass is 16.5. The molecule has 2 unspecified atom stereocenters. The highest BCUT2D eigenvalue weighted by Crippen LogP contribution is 2.34. The third kappa shape index (κ3) is 3.93. The fraction of sp³-hybridized carbons (Fsp3) is 0.632. The summed E-state index contributed by atoms with van der Waals surface area (Å²) in [5.74, 6) is 0.0541. The van der Waals surface area contributed by atoms with E-state index < -0.39 is 5.60 Å². The fourth-order valence-electron chi connectivity index (χ4n) is 3.80. The molecule has 4 nitrogen and oxygen atoms in total. The average molecular weight is 317 g/mol. The number of carbonyl (C=O) groups is 1. The number of aliphatic hydroxyl groups is 1. The van der Waals surface area contributed by atoms with Gasteiger partial charge in [0.2, 0.25) is 5.91 Å². The Morgan fingerprint density at radius 2 is 1.96 bits per heavy atom. The Balaban J connectivity index is 1.74. The second-order valence-corrected chi connectivity index (χ2v) is 7.08. The lowest BCUT2D eigenvalue weighted by molar-refractivity contribution is -0.150. The molecule has 3 rings (SSSR count). The summed E-state index contributed by atoms with van der Waals surface area (Å²) in [5.41, 5.74) is 0.293. The van der Waals surface area contributed by atoms with E-state index in [1.807, 2.05) is 42.2 Å². The van der Waals surface area contributed by atoms with E-state index in [-0.39, 0.29) is 24.5 Å². The lowest BCUT2D eigenvalue weighted by atomic mass is 9.82. The summed E-state index contributed by atoms with van der Waals surface area (Å²) >= 11 is 0. The van der Waals surface area contributed by atoms with Crippen LogP contribution in [0.4, 0.5) is 0 Å². The Kier molecular flexibility index (Phi) is 5.02. The van der Waals surface area contributed by atoms with Gasteiger partial charge in [-0.1, -0.05) is 49.6 Å². The van der Waals surface area contributed by atoms with Gasteiger partial charge < -0.3 is 14.7 Å². The topological polar surface area (TPSA) is 49.8 Å². The molecule has 1 N–H and O–H groups in total. The number of amides is 1. The summed E-state index contributed by atoms with van der Waals surface area (Å²) in [4.78, 5) is 14.8. The Bertz CT molecular complexity index is 525. The van der Waals surface area contributed by atoms with Gasteiger partial charge in [0.25, 0.3) is 0 Å². The van der Waals surface area contributed by atoms with Gasteiger partial charge in [-0.2, -0.15) is 0 Å². The third-order valence-corrected chi connectivity index (χ3v) is 5.14. The maximum Gasteiger partial charge on any atom is 0.226 e. The average Bonchev–Trinajstić information content (AvgIpc) is 2.56. The molecule has 1 saturated carbocycles. The number of hydrogen-bond acceptors (Lipinski definition) is 3. The largest absolute Gasteiger partial charge is 0.389 e. The van der Waals surface area contributed by atoms with Gasteiger partial charge in [-0.15, -0.1) is 0 Å². The van der Waals surface area contributed by atoms with Crippen LogP contribution in [0.2, 0.25) is 0 Å². The van der Waals surface area contributed by atoms with Crippen molar-refractivity contribution in [3.8, 4) is 0 Å². The molecule has 1 aliphatic carbocycles. The monoisotopic (exact) mass is 317 g/mol. The molecule has 1 aromatic rings. The van der Waals surface area contributed by atoms with Crippen molar-refractivity contribution in [1.29, 1.82) is 0 Å². The van der Waals surface area contributed by atoms with Gasteiger partial charge in [-0.25, -0.2) is 0 Å². The van der Waals surface area contributed by atoms with Crippen LogP contribution in [-0.2, 0) is 9.53 Å². The van der Waals surface area contributed by atoms with Crippen LogP contribution in [0.25, 0.3) is 0 Å². The lowest BCUT2D eigenvalue weighted by Gasteiger charge is -2.41. The standard InChI is InChI=1S/C19H27NO3/c1-15-13-20(17(14-23-15)16-8-4-2-5-9-16)18(21)12-19(22)10-6-3-7-11-19/h2,4-5,8-9,15,17,22H,3,6-7,10-14H2,1H3. The van der Waals surface area contributed by atoms with Crippen LogP contribution in [0.5, 0.6) is 0 Å². The predicted molar refractivity (Wildman–Crippen MR) is 89.0 cm³/mol. The molecule has 2 atom stereocenters. The van der Waals surface area contributed by atoms with E-state index in [0.717, 1.165) is 37.7 Å². The van der Waals surface area contributed by atoms with Crippen LogP contribution in [0.1, 0.15) is 57.1 Å². The van der Waals surface area contributed by atoms with E-state index in [0.29, 0.717) is 13.2 Å². The van der Waals surface area contributed by atoms with E-state index in [4.69, 9.17) is 4.74 Å². The molecule has 2 fully saturated rings. The second kappa shape index (κ2) is 7.02. The maximum atomic E-state index is 12.9. The zero-order chi connectivity index (χ0) is 16.3. The van der Waals surface area contributed by atoms with Gasteiger partial charge in [-0.3, -0.25) is 4.79 Å². The van der Waals surface area contributed by atoms with Gasteiger partial charge in [0.1, 0.15) is 0 Å². The number of morpholine rings is 1.